The third-order valence-electron chi connectivity index (χ3n) is 3.37. The monoisotopic (exact) mass is 299 g/mol. The van der Waals surface area contributed by atoms with Gasteiger partial charge in [-0.15, -0.1) is 11.8 Å². The highest BCUT2D eigenvalue weighted by Crippen LogP contribution is 2.18. The van der Waals surface area contributed by atoms with E-state index in [1.54, 1.807) is 11.8 Å². The second-order valence-electron chi connectivity index (χ2n) is 5.31. The Morgan fingerprint density at radius 1 is 1.00 bits per heavy atom. The van der Waals surface area contributed by atoms with Crippen molar-refractivity contribution in [1.29, 1.82) is 0 Å². The highest BCUT2D eigenvalue weighted by atomic mass is 32.2. The maximum Gasteiger partial charge on any atom is 0.230 e. The number of carbonyl (C=O) groups excluding carboxylic acids is 1. The molecular weight excluding hydrogens is 278 g/mol. The van der Waals surface area contributed by atoms with E-state index in [1.165, 1.54) is 22.3 Å². The summed E-state index contributed by atoms with van der Waals surface area (Å²) in [7, 11) is 0. The zero-order valence-electron chi connectivity index (χ0n) is 12.8. The molecule has 21 heavy (non-hydrogen) atoms. The molecule has 110 valence electrons. The molecule has 2 aromatic rings. The van der Waals surface area contributed by atoms with Crippen molar-refractivity contribution < 1.29 is 4.79 Å². The van der Waals surface area contributed by atoms with Crippen LogP contribution in [-0.2, 0) is 11.3 Å². The molecule has 0 unspecified atom stereocenters. The molecule has 1 amide bonds. The molecule has 0 aliphatic heterocycles. The van der Waals surface area contributed by atoms with Crippen LogP contribution in [0.2, 0.25) is 0 Å². The van der Waals surface area contributed by atoms with Crippen LogP contribution < -0.4 is 5.32 Å². The molecule has 2 nitrogen and oxygen atoms in total. The van der Waals surface area contributed by atoms with Crippen molar-refractivity contribution in [2.45, 2.75) is 32.2 Å². The number of hydrogen-bond donors (Lipinski definition) is 1. The van der Waals surface area contributed by atoms with Gasteiger partial charge in [0.15, 0.2) is 0 Å². The molecule has 0 spiro atoms. The third kappa shape index (κ3) is 4.94. The maximum absolute atomic E-state index is 11.9. The maximum atomic E-state index is 11.9. The number of hydrogen-bond acceptors (Lipinski definition) is 2. The Labute approximate surface area is 131 Å². The molecule has 0 saturated heterocycles. The van der Waals surface area contributed by atoms with Gasteiger partial charge < -0.3 is 5.32 Å². The Kier molecular flexibility index (Phi) is 5.45. The SMILES string of the molecule is Cc1ccc(SCC(=O)NCc2ccc(C)cc2C)cc1. The first-order valence-electron chi connectivity index (χ1n) is 7.07. The quantitative estimate of drug-likeness (QED) is 0.845. The van der Waals surface area contributed by atoms with Crippen molar-refractivity contribution in [3.8, 4) is 0 Å². The minimum atomic E-state index is 0.0700. The normalized spacial score (nSPS) is 10.4. The summed E-state index contributed by atoms with van der Waals surface area (Å²) in [5, 5.41) is 2.98. The van der Waals surface area contributed by atoms with E-state index in [0.717, 1.165) is 4.90 Å². The zero-order valence-corrected chi connectivity index (χ0v) is 13.6. The Morgan fingerprint density at radius 3 is 2.33 bits per heavy atom. The fourth-order valence-electron chi connectivity index (χ4n) is 2.07. The van der Waals surface area contributed by atoms with E-state index in [-0.39, 0.29) is 5.91 Å². The minimum absolute atomic E-state index is 0.0700. The largest absolute Gasteiger partial charge is 0.351 e. The van der Waals surface area contributed by atoms with E-state index in [9.17, 15) is 4.79 Å². The average molecular weight is 299 g/mol. The predicted octanol–water partition coefficient (Wildman–Crippen LogP) is 4.02. The number of aryl methyl sites for hydroxylation is 3. The smallest absolute Gasteiger partial charge is 0.230 e. The number of benzene rings is 2. The van der Waals surface area contributed by atoms with Gasteiger partial charge in [0.25, 0.3) is 0 Å². The Morgan fingerprint density at radius 2 is 1.67 bits per heavy atom. The van der Waals surface area contributed by atoms with Gasteiger partial charge in [0.2, 0.25) is 5.91 Å². The van der Waals surface area contributed by atoms with Crippen LogP contribution in [0.3, 0.4) is 0 Å². The van der Waals surface area contributed by atoms with Crippen LogP contribution in [0.1, 0.15) is 22.3 Å². The van der Waals surface area contributed by atoms with Crippen molar-refractivity contribution in [3.63, 3.8) is 0 Å². The van der Waals surface area contributed by atoms with Gasteiger partial charge in [0, 0.05) is 11.4 Å². The Hall–Kier alpha value is -1.74. The van der Waals surface area contributed by atoms with Gasteiger partial charge in [0.1, 0.15) is 0 Å². The lowest BCUT2D eigenvalue weighted by Crippen LogP contribution is -2.24. The minimum Gasteiger partial charge on any atom is -0.351 e. The van der Waals surface area contributed by atoms with Crippen molar-refractivity contribution in [3.05, 3.63) is 64.7 Å². The number of thioether (sulfide) groups is 1. The summed E-state index contributed by atoms with van der Waals surface area (Å²) >= 11 is 1.57. The molecule has 0 bridgehead atoms. The number of carbonyl (C=O) groups is 1. The molecule has 0 aromatic heterocycles. The lowest BCUT2D eigenvalue weighted by Gasteiger charge is -2.09. The predicted molar refractivity (Wildman–Crippen MR) is 89.7 cm³/mol. The second kappa shape index (κ2) is 7.32. The van der Waals surface area contributed by atoms with E-state index in [4.69, 9.17) is 0 Å². The van der Waals surface area contributed by atoms with Gasteiger partial charge in [-0.25, -0.2) is 0 Å². The number of nitrogens with one attached hydrogen (secondary N) is 1. The third-order valence-corrected chi connectivity index (χ3v) is 4.38. The van der Waals surface area contributed by atoms with Gasteiger partial charge in [-0.2, -0.15) is 0 Å². The lowest BCUT2D eigenvalue weighted by atomic mass is 10.1. The molecule has 0 radical (unpaired) electrons. The molecule has 0 heterocycles. The second-order valence-corrected chi connectivity index (χ2v) is 6.36. The van der Waals surface area contributed by atoms with Gasteiger partial charge in [-0.1, -0.05) is 41.5 Å². The molecule has 0 fully saturated rings. The number of amides is 1. The van der Waals surface area contributed by atoms with Crippen LogP contribution in [0.15, 0.2) is 47.4 Å². The van der Waals surface area contributed by atoms with Crippen molar-refractivity contribution >= 4 is 17.7 Å². The average Bonchev–Trinajstić information content (AvgIpc) is 2.46. The van der Waals surface area contributed by atoms with Crippen LogP contribution in [0.4, 0.5) is 0 Å². The van der Waals surface area contributed by atoms with Gasteiger partial charge in [-0.05, 0) is 44.0 Å². The molecular formula is C18H21NOS. The Bertz CT molecular complexity index is 620. The van der Waals surface area contributed by atoms with Crippen LogP contribution in [0.25, 0.3) is 0 Å². The lowest BCUT2D eigenvalue weighted by molar-refractivity contribution is -0.118. The summed E-state index contributed by atoms with van der Waals surface area (Å²) < 4.78 is 0. The summed E-state index contributed by atoms with van der Waals surface area (Å²) in [5.41, 5.74) is 4.88. The van der Waals surface area contributed by atoms with Crippen LogP contribution >= 0.6 is 11.8 Å². The molecule has 0 atom stereocenters. The fourth-order valence-corrected chi connectivity index (χ4v) is 2.80. The van der Waals surface area contributed by atoms with Crippen LogP contribution in [0.5, 0.6) is 0 Å². The topological polar surface area (TPSA) is 29.1 Å². The van der Waals surface area contributed by atoms with Crippen molar-refractivity contribution in [2.24, 2.45) is 0 Å². The summed E-state index contributed by atoms with van der Waals surface area (Å²) in [4.78, 5) is 13.0. The molecule has 3 heteroatoms. The summed E-state index contributed by atoms with van der Waals surface area (Å²) in [6.45, 7) is 6.81. The van der Waals surface area contributed by atoms with Gasteiger partial charge in [0.05, 0.1) is 5.75 Å². The summed E-state index contributed by atoms with van der Waals surface area (Å²) in [6, 6.07) is 14.5. The standard InChI is InChI=1S/C18H21NOS/c1-13-5-8-17(9-6-13)21-12-18(20)19-11-16-7-4-14(2)10-15(16)3/h4-10H,11-12H2,1-3H3,(H,19,20). The first-order valence-corrected chi connectivity index (χ1v) is 8.05. The van der Waals surface area contributed by atoms with Crippen molar-refractivity contribution in [2.75, 3.05) is 5.75 Å². The highest BCUT2D eigenvalue weighted by molar-refractivity contribution is 8.00. The van der Waals surface area contributed by atoms with E-state index < -0.39 is 0 Å². The molecule has 2 aromatic carbocycles. The van der Waals surface area contributed by atoms with Crippen LogP contribution in [-0.4, -0.2) is 11.7 Å². The van der Waals surface area contributed by atoms with Crippen molar-refractivity contribution in [1.82, 2.24) is 5.32 Å². The molecule has 0 saturated carbocycles. The highest BCUT2D eigenvalue weighted by Gasteiger charge is 2.04. The van der Waals surface area contributed by atoms with E-state index >= 15 is 0 Å². The van der Waals surface area contributed by atoms with E-state index in [2.05, 4.69) is 68.6 Å². The fraction of sp³-hybridized carbons (Fsp3) is 0.278. The van der Waals surface area contributed by atoms with Crippen LogP contribution in [0, 0.1) is 20.8 Å². The summed E-state index contributed by atoms with van der Waals surface area (Å²) in [5.74, 6) is 0.522. The molecule has 1 N–H and O–H groups in total. The molecule has 0 aliphatic rings. The zero-order chi connectivity index (χ0) is 15.2. The number of rotatable bonds is 5. The van der Waals surface area contributed by atoms with E-state index in [1.807, 2.05) is 0 Å². The van der Waals surface area contributed by atoms with Gasteiger partial charge in [-0.3, -0.25) is 4.79 Å². The molecule has 2 rings (SSSR count). The first-order chi connectivity index (χ1) is 10.0. The van der Waals surface area contributed by atoms with E-state index in [0.29, 0.717) is 12.3 Å². The molecule has 0 aliphatic carbocycles. The Balaban J connectivity index is 1.80. The summed E-state index contributed by atoms with van der Waals surface area (Å²) in [6.07, 6.45) is 0. The van der Waals surface area contributed by atoms with Gasteiger partial charge >= 0.3 is 0 Å². The first kappa shape index (κ1) is 15.6.